The molecule has 0 unspecified atom stereocenters. The molecule has 1 aliphatic heterocycles. The number of amides is 1. The highest BCUT2D eigenvalue weighted by Crippen LogP contribution is 2.36. The number of allylic oxidation sites excluding steroid dienone is 4. The molecule has 0 aromatic rings. The van der Waals surface area contributed by atoms with Gasteiger partial charge in [-0.05, 0) is 31.1 Å². The zero-order chi connectivity index (χ0) is 12.3. The standard InChI is InChI=1S/C15H23NO/c1-15(2,13-7-3-4-8-13)10-9-14(17)16-11-5-6-12-16/h3-4,7H,5-6,8-12H2,1-2H3. The van der Waals surface area contributed by atoms with Crippen molar-refractivity contribution in [3.63, 3.8) is 0 Å². The molecule has 1 saturated heterocycles. The van der Waals surface area contributed by atoms with Crippen LogP contribution >= 0.6 is 0 Å². The molecule has 1 heterocycles. The SMILES string of the molecule is CC(C)(CCC(=O)N1CCCC1)C1=CC=CC1. The van der Waals surface area contributed by atoms with Crippen molar-refractivity contribution in [2.24, 2.45) is 5.41 Å². The van der Waals surface area contributed by atoms with Gasteiger partial charge in [-0.1, -0.05) is 37.6 Å². The highest BCUT2D eigenvalue weighted by atomic mass is 16.2. The summed E-state index contributed by atoms with van der Waals surface area (Å²) >= 11 is 0. The van der Waals surface area contributed by atoms with Gasteiger partial charge in [0.2, 0.25) is 5.91 Å². The topological polar surface area (TPSA) is 20.3 Å². The zero-order valence-corrected chi connectivity index (χ0v) is 11.0. The van der Waals surface area contributed by atoms with E-state index in [1.165, 1.54) is 18.4 Å². The second kappa shape index (κ2) is 5.07. The predicted octanol–water partition coefficient (Wildman–Crippen LogP) is 3.30. The summed E-state index contributed by atoms with van der Waals surface area (Å²) in [6.07, 6.45) is 11.6. The lowest BCUT2D eigenvalue weighted by Crippen LogP contribution is -2.29. The Morgan fingerprint density at radius 2 is 2.06 bits per heavy atom. The Hall–Kier alpha value is -1.05. The molecule has 0 N–H and O–H groups in total. The van der Waals surface area contributed by atoms with Gasteiger partial charge >= 0.3 is 0 Å². The van der Waals surface area contributed by atoms with E-state index >= 15 is 0 Å². The van der Waals surface area contributed by atoms with Crippen LogP contribution in [-0.4, -0.2) is 23.9 Å². The van der Waals surface area contributed by atoms with Crippen molar-refractivity contribution in [2.75, 3.05) is 13.1 Å². The first-order valence-corrected chi connectivity index (χ1v) is 6.73. The average molecular weight is 233 g/mol. The number of hydrogen-bond acceptors (Lipinski definition) is 1. The van der Waals surface area contributed by atoms with Crippen LogP contribution in [0.25, 0.3) is 0 Å². The quantitative estimate of drug-likeness (QED) is 0.729. The molecule has 2 heteroatoms. The molecule has 0 aromatic carbocycles. The predicted molar refractivity (Wildman–Crippen MR) is 70.7 cm³/mol. The smallest absolute Gasteiger partial charge is 0.222 e. The van der Waals surface area contributed by atoms with E-state index in [0.29, 0.717) is 12.3 Å². The van der Waals surface area contributed by atoms with Crippen molar-refractivity contribution in [1.29, 1.82) is 0 Å². The second-order valence-corrected chi connectivity index (χ2v) is 5.80. The van der Waals surface area contributed by atoms with E-state index in [0.717, 1.165) is 25.9 Å². The van der Waals surface area contributed by atoms with Crippen LogP contribution in [0.4, 0.5) is 0 Å². The Morgan fingerprint density at radius 3 is 2.65 bits per heavy atom. The molecule has 1 aliphatic carbocycles. The minimum absolute atomic E-state index is 0.166. The molecule has 0 atom stereocenters. The first-order chi connectivity index (χ1) is 8.09. The molecule has 0 spiro atoms. The van der Waals surface area contributed by atoms with E-state index in [4.69, 9.17) is 0 Å². The van der Waals surface area contributed by atoms with Crippen molar-refractivity contribution >= 4 is 5.91 Å². The fraction of sp³-hybridized carbons (Fsp3) is 0.667. The lowest BCUT2D eigenvalue weighted by molar-refractivity contribution is -0.130. The molecule has 0 bridgehead atoms. The van der Waals surface area contributed by atoms with E-state index in [9.17, 15) is 4.79 Å². The van der Waals surface area contributed by atoms with Gasteiger partial charge in [-0.3, -0.25) is 4.79 Å². The Balaban J connectivity index is 1.82. The van der Waals surface area contributed by atoms with Gasteiger partial charge in [0.05, 0.1) is 0 Å². The maximum atomic E-state index is 12.0. The van der Waals surface area contributed by atoms with Gasteiger partial charge in [0.25, 0.3) is 0 Å². The van der Waals surface area contributed by atoms with Crippen LogP contribution in [0.2, 0.25) is 0 Å². The van der Waals surface area contributed by atoms with Crippen molar-refractivity contribution in [3.8, 4) is 0 Å². The van der Waals surface area contributed by atoms with Crippen LogP contribution in [0.3, 0.4) is 0 Å². The Morgan fingerprint density at radius 1 is 1.35 bits per heavy atom. The van der Waals surface area contributed by atoms with Crippen LogP contribution in [0.5, 0.6) is 0 Å². The summed E-state index contributed by atoms with van der Waals surface area (Å²) in [7, 11) is 0. The van der Waals surface area contributed by atoms with Gasteiger partial charge in [0.1, 0.15) is 0 Å². The summed E-state index contributed by atoms with van der Waals surface area (Å²) in [6, 6.07) is 0. The molecule has 0 saturated carbocycles. The van der Waals surface area contributed by atoms with Crippen molar-refractivity contribution in [3.05, 3.63) is 23.8 Å². The number of likely N-dealkylation sites (tertiary alicyclic amines) is 1. The molecule has 0 radical (unpaired) electrons. The summed E-state index contributed by atoms with van der Waals surface area (Å²) in [6.45, 7) is 6.46. The normalized spacial score (nSPS) is 19.9. The minimum Gasteiger partial charge on any atom is -0.343 e. The molecule has 94 valence electrons. The summed E-state index contributed by atoms with van der Waals surface area (Å²) in [4.78, 5) is 14.0. The monoisotopic (exact) mass is 233 g/mol. The molecule has 1 fully saturated rings. The molecule has 1 amide bonds. The number of rotatable bonds is 4. The number of carbonyl (C=O) groups is 1. The highest BCUT2D eigenvalue weighted by Gasteiger charge is 2.26. The molecular weight excluding hydrogens is 210 g/mol. The largest absolute Gasteiger partial charge is 0.343 e. The molecule has 0 aromatic heterocycles. The summed E-state index contributed by atoms with van der Waals surface area (Å²) in [5.41, 5.74) is 1.63. The van der Waals surface area contributed by atoms with Gasteiger partial charge in [0, 0.05) is 19.5 Å². The van der Waals surface area contributed by atoms with Crippen molar-refractivity contribution in [1.82, 2.24) is 4.90 Å². The maximum Gasteiger partial charge on any atom is 0.222 e. The lowest BCUT2D eigenvalue weighted by Gasteiger charge is -2.27. The number of hydrogen-bond donors (Lipinski definition) is 0. The highest BCUT2D eigenvalue weighted by molar-refractivity contribution is 5.76. The zero-order valence-electron chi connectivity index (χ0n) is 11.0. The average Bonchev–Trinajstić information content (AvgIpc) is 2.97. The fourth-order valence-electron chi connectivity index (χ4n) is 2.65. The van der Waals surface area contributed by atoms with Crippen LogP contribution < -0.4 is 0 Å². The Kier molecular flexibility index (Phi) is 3.70. The second-order valence-electron chi connectivity index (χ2n) is 5.80. The van der Waals surface area contributed by atoms with Crippen molar-refractivity contribution in [2.45, 2.75) is 46.0 Å². The van der Waals surface area contributed by atoms with E-state index in [1.54, 1.807) is 0 Å². The van der Waals surface area contributed by atoms with Gasteiger partial charge in [-0.25, -0.2) is 0 Å². The van der Waals surface area contributed by atoms with E-state index in [2.05, 4.69) is 32.1 Å². The third-order valence-electron chi connectivity index (χ3n) is 4.06. The van der Waals surface area contributed by atoms with E-state index in [1.807, 2.05) is 4.90 Å². The number of carbonyl (C=O) groups excluding carboxylic acids is 1. The first kappa shape index (κ1) is 12.4. The van der Waals surface area contributed by atoms with Crippen LogP contribution in [0, 0.1) is 5.41 Å². The summed E-state index contributed by atoms with van der Waals surface area (Å²) in [5.74, 6) is 0.349. The van der Waals surface area contributed by atoms with Crippen LogP contribution in [0.1, 0.15) is 46.0 Å². The molecule has 2 rings (SSSR count). The van der Waals surface area contributed by atoms with Crippen LogP contribution in [-0.2, 0) is 4.79 Å². The van der Waals surface area contributed by atoms with Gasteiger partial charge in [0.15, 0.2) is 0 Å². The Labute approximate surface area is 104 Å². The van der Waals surface area contributed by atoms with Crippen LogP contribution in [0.15, 0.2) is 23.8 Å². The Bertz CT molecular complexity index is 346. The molecule has 2 nitrogen and oxygen atoms in total. The van der Waals surface area contributed by atoms with Crippen molar-refractivity contribution < 1.29 is 4.79 Å². The molecular formula is C15H23NO. The third-order valence-corrected chi connectivity index (χ3v) is 4.06. The third kappa shape index (κ3) is 2.99. The summed E-state index contributed by atoms with van der Waals surface area (Å²) in [5, 5.41) is 0. The molecule has 17 heavy (non-hydrogen) atoms. The lowest BCUT2D eigenvalue weighted by atomic mass is 9.79. The maximum absolute atomic E-state index is 12.0. The summed E-state index contributed by atoms with van der Waals surface area (Å²) < 4.78 is 0. The van der Waals surface area contributed by atoms with Gasteiger partial charge in [-0.15, -0.1) is 0 Å². The van der Waals surface area contributed by atoms with E-state index in [-0.39, 0.29) is 5.41 Å². The number of nitrogens with zero attached hydrogens (tertiary/aromatic N) is 1. The van der Waals surface area contributed by atoms with Gasteiger partial charge in [-0.2, -0.15) is 0 Å². The van der Waals surface area contributed by atoms with E-state index < -0.39 is 0 Å². The molecule has 2 aliphatic rings. The van der Waals surface area contributed by atoms with Gasteiger partial charge < -0.3 is 4.90 Å². The minimum atomic E-state index is 0.166. The first-order valence-electron chi connectivity index (χ1n) is 6.73. The fourth-order valence-corrected chi connectivity index (χ4v) is 2.65.